The van der Waals surface area contributed by atoms with E-state index in [4.69, 9.17) is 0 Å². The molecule has 17 heavy (non-hydrogen) atoms. The van der Waals surface area contributed by atoms with Crippen molar-refractivity contribution in [3.8, 4) is 0 Å². The number of rotatable bonds is 7. The SMILES string of the molecule is CCN(CC)CC(C)NCC1CCS(=O)(=O)C1. The van der Waals surface area contributed by atoms with Crippen LogP contribution in [0.25, 0.3) is 0 Å². The fourth-order valence-electron chi connectivity index (χ4n) is 2.33. The second-order valence-electron chi connectivity index (χ2n) is 5.06. The fraction of sp³-hybridized carbons (Fsp3) is 1.00. The van der Waals surface area contributed by atoms with E-state index in [1.807, 2.05) is 0 Å². The summed E-state index contributed by atoms with van der Waals surface area (Å²) in [6, 6.07) is 0.429. The van der Waals surface area contributed by atoms with Gasteiger partial charge in [0.25, 0.3) is 0 Å². The van der Waals surface area contributed by atoms with Crippen molar-refractivity contribution in [2.75, 3.05) is 37.7 Å². The Morgan fingerprint density at radius 1 is 1.35 bits per heavy atom. The van der Waals surface area contributed by atoms with E-state index in [9.17, 15) is 8.42 Å². The second kappa shape index (κ2) is 6.71. The zero-order chi connectivity index (χ0) is 12.9. The van der Waals surface area contributed by atoms with Gasteiger partial charge < -0.3 is 10.2 Å². The fourth-order valence-corrected chi connectivity index (χ4v) is 4.20. The largest absolute Gasteiger partial charge is 0.313 e. The first-order valence-electron chi connectivity index (χ1n) is 6.63. The molecule has 4 nitrogen and oxygen atoms in total. The lowest BCUT2D eigenvalue weighted by molar-refractivity contribution is 0.267. The van der Waals surface area contributed by atoms with Gasteiger partial charge in [-0.3, -0.25) is 0 Å². The van der Waals surface area contributed by atoms with E-state index in [-0.39, 0.29) is 0 Å². The van der Waals surface area contributed by atoms with E-state index < -0.39 is 9.84 Å². The zero-order valence-electron chi connectivity index (χ0n) is 11.3. The monoisotopic (exact) mass is 262 g/mol. The minimum absolute atomic E-state index is 0.319. The van der Waals surface area contributed by atoms with Crippen molar-refractivity contribution in [2.24, 2.45) is 5.92 Å². The van der Waals surface area contributed by atoms with Crippen LogP contribution >= 0.6 is 0 Å². The molecular formula is C12H26N2O2S. The minimum atomic E-state index is -2.73. The van der Waals surface area contributed by atoms with E-state index >= 15 is 0 Å². The third-order valence-electron chi connectivity index (χ3n) is 3.51. The molecule has 1 fully saturated rings. The van der Waals surface area contributed by atoms with Crippen LogP contribution in [-0.4, -0.2) is 57.0 Å². The van der Waals surface area contributed by atoms with Crippen molar-refractivity contribution in [1.29, 1.82) is 0 Å². The number of sulfone groups is 1. The average molecular weight is 262 g/mol. The molecule has 0 aromatic rings. The summed E-state index contributed by atoms with van der Waals surface area (Å²) < 4.78 is 22.6. The molecule has 102 valence electrons. The Balaban J connectivity index is 2.22. The Kier molecular flexibility index (Phi) is 5.89. The van der Waals surface area contributed by atoms with E-state index in [1.165, 1.54) is 0 Å². The van der Waals surface area contributed by atoms with Gasteiger partial charge in [-0.05, 0) is 38.9 Å². The summed E-state index contributed by atoms with van der Waals surface area (Å²) in [6.45, 7) is 10.5. The molecule has 1 rings (SSSR count). The Morgan fingerprint density at radius 3 is 2.47 bits per heavy atom. The third-order valence-corrected chi connectivity index (χ3v) is 5.35. The Labute approximate surface area is 106 Å². The molecule has 0 bridgehead atoms. The van der Waals surface area contributed by atoms with Gasteiger partial charge in [0.15, 0.2) is 9.84 Å². The molecule has 1 N–H and O–H groups in total. The van der Waals surface area contributed by atoms with Crippen molar-refractivity contribution >= 4 is 9.84 Å². The van der Waals surface area contributed by atoms with Gasteiger partial charge in [0.1, 0.15) is 0 Å². The van der Waals surface area contributed by atoms with Crippen molar-refractivity contribution in [1.82, 2.24) is 10.2 Å². The topological polar surface area (TPSA) is 49.4 Å². The molecule has 2 atom stereocenters. The van der Waals surface area contributed by atoms with E-state index in [2.05, 4.69) is 31.0 Å². The molecule has 1 aliphatic rings. The van der Waals surface area contributed by atoms with Crippen molar-refractivity contribution in [3.63, 3.8) is 0 Å². The highest BCUT2D eigenvalue weighted by molar-refractivity contribution is 7.91. The van der Waals surface area contributed by atoms with Gasteiger partial charge in [-0.1, -0.05) is 13.8 Å². The van der Waals surface area contributed by atoms with Gasteiger partial charge in [0, 0.05) is 12.6 Å². The molecule has 1 heterocycles. The summed E-state index contributed by atoms with van der Waals surface area (Å²) in [5, 5.41) is 3.46. The molecule has 1 saturated heterocycles. The van der Waals surface area contributed by atoms with Crippen LogP contribution in [0.3, 0.4) is 0 Å². The maximum absolute atomic E-state index is 11.3. The van der Waals surface area contributed by atoms with E-state index in [0.29, 0.717) is 23.5 Å². The molecule has 5 heteroatoms. The first-order valence-corrected chi connectivity index (χ1v) is 8.45. The van der Waals surface area contributed by atoms with Gasteiger partial charge in [-0.15, -0.1) is 0 Å². The molecule has 1 aliphatic heterocycles. The molecule has 0 aromatic heterocycles. The quantitative estimate of drug-likeness (QED) is 0.735. The van der Waals surface area contributed by atoms with Crippen LogP contribution in [0.1, 0.15) is 27.2 Å². The summed E-state index contributed by atoms with van der Waals surface area (Å²) in [7, 11) is -2.73. The van der Waals surface area contributed by atoms with E-state index in [0.717, 1.165) is 32.6 Å². The molecule has 0 amide bonds. The highest BCUT2D eigenvalue weighted by Gasteiger charge is 2.27. The number of nitrogens with zero attached hydrogens (tertiary/aromatic N) is 1. The lowest BCUT2D eigenvalue weighted by Crippen LogP contribution is -2.41. The van der Waals surface area contributed by atoms with Crippen LogP contribution in [0.4, 0.5) is 0 Å². The van der Waals surface area contributed by atoms with Crippen LogP contribution in [-0.2, 0) is 9.84 Å². The van der Waals surface area contributed by atoms with Gasteiger partial charge in [-0.2, -0.15) is 0 Å². The predicted octanol–water partition coefficient (Wildman–Crippen LogP) is 0.741. The first-order chi connectivity index (χ1) is 7.96. The van der Waals surface area contributed by atoms with Crippen LogP contribution in [0.15, 0.2) is 0 Å². The summed E-state index contributed by atoms with van der Waals surface area (Å²) in [4.78, 5) is 2.38. The number of hydrogen-bond donors (Lipinski definition) is 1. The Morgan fingerprint density at radius 2 is 2.00 bits per heavy atom. The minimum Gasteiger partial charge on any atom is -0.313 e. The maximum Gasteiger partial charge on any atom is 0.150 e. The van der Waals surface area contributed by atoms with Gasteiger partial charge in [0.05, 0.1) is 11.5 Å². The standard InChI is InChI=1S/C12H26N2O2S/c1-4-14(5-2)9-11(3)13-8-12-6-7-17(15,16)10-12/h11-13H,4-10H2,1-3H3. The third kappa shape index (κ3) is 5.36. The highest BCUT2D eigenvalue weighted by atomic mass is 32.2. The summed E-state index contributed by atoms with van der Waals surface area (Å²) in [5.41, 5.74) is 0. The average Bonchev–Trinajstić information content (AvgIpc) is 2.63. The predicted molar refractivity (Wildman–Crippen MR) is 72.0 cm³/mol. The molecule has 2 unspecified atom stereocenters. The van der Waals surface area contributed by atoms with E-state index in [1.54, 1.807) is 0 Å². The molecule has 0 aliphatic carbocycles. The number of nitrogens with one attached hydrogen (secondary N) is 1. The van der Waals surface area contributed by atoms with Crippen LogP contribution < -0.4 is 5.32 Å². The Bertz CT molecular complexity index is 312. The Hall–Kier alpha value is -0.130. The first kappa shape index (κ1) is 14.9. The maximum atomic E-state index is 11.3. The van der Waals surface area contributed by atoms with Crippen molar-refractivity contribution in [2.45, 2.75) is 33.2 Å². The zero-order valence-corrected chi connectivity index (χ0v) is 12.1. The van der Waals surface area contributed by atoms with Crippen LogP contribution in [0.5, 0.6) is 0 Å². The molecule has 0 radical (unpaired) electrons. The lowest BCUT2D eigenvalue weighted by atomic mass is 10.1. The summed E-state index contributed by atoms with van der Waals surface area (Å²) in [6.07, 6.45) is 0.827. The lowest BCUT2D eigenvalue weighted by Gasteiger charge is -2.24. The van der Waals surface area contributed by atoms with Gasteiger partial charge in [0.2, 0.25) is 0 Å². The van der Waals surface area contributed by atoms with Crippen molar-refractivity contribution in [3.05, 3.63) is 0 Å². The number of hydrogen-bond acceptors (Lipinski definition) is 4. The molecule has 0 spiro atoms. The number of likely N-dealkylation sites (N-methyl/N-ethyl adjacent to an activating group) is 1. The summed E-state index contributed by atoms with van der Waals surface area (Å²) in [5.74, 6) is 1.07. The van der Waals surface area contributed by atoms with Crippen molar-refractivity contribution < 1.29 is 8.42 Å². The highest BCUT2D eigenvalue weighted by Crippen LogP contribution is 2.17. The van der Waals surface area contributed by atoms with Gasteiger partial charge >= 0.3 is 0 Å². The molecule has 0 saturated carbocycles. The smallest absolute Gasteiger partial charge is 0.150 e. The summed E-state index contributed by atoms with van der Waals surface area (Å²) >= 11 is 0. The van der Waals surface area contributed by atoms with Crippen LogP contribution in [0.2, 0.25) is 0 Å². The molecule has 0 aromatic carbocycles. The van der Waals surface area contributed by atoms with Gasteiger partial charge in [-0.25, -0.2) is 8.42 Å². The second-order valence-corrected chi connectivity index (χ2v) is 7.29. The normalized spacial score (nSPS) is 25.3. The molecular weight excluding hydrogens is 236 g/mol. The van der Waals surface area contributed by atoms with Crippen LogP contribution in [0, 0.1) is 5.92 Å².